The number of ether oxygens (including phenoxy) is 1. The van der Waals surface area contributed by atoms with E-state index in [9.17, 15) is 5.11 Å². The molecule has 1 N–H and O–H groups in total. The first-order valence-electron chi connectivity index (χ1n) is 4.75. The van der Waals surface area contributed by atoms with Crippen LogP contribution in [0.1, 0.15) is 5.56 Å². The van der Waals surface area contributed by atoms with Gasteiger partial charge in [-0.05, 0) is 46.6 Å². The molecule has 3 nitrogen and oxygen atoms in total. The highest BCUT2D eigenvalue weighted by molar-refractivity contribution is 9.10. The predicted molar refractivity (Wildman–Crippen MR) is 64.9 cm³/mol. The Morgan fingerprint density at radius 1 is 1.25 bits per heavy atom. The number of aromatic hydroxyl groups is 1. The summed E-state index contributed by atoms with van der Waals surface area (Å²) >= 11 is 3.39. The number of aromatic nitrogens is 1. The smallest absolute Gasteiger partial charge is 0.234 e. The third-order valence-corrected chi connectivity index (χ3v) is 3.09. The molecule has 0 aliphatic carbocycles. The maximum Gasteiger partial charge on any atom is 0.234 e. The van der Waals surface area contributed by atoms with Crippen LogP contribution in [0.25, 0.3) is 0 Å². The summed E-state index contributed by atoms with van der Waals surface area (Å²) in [4.78, 5) is 4.10. The van der Waals surface area contributed by atoms with Gasteiger partial charge in [0.25, 0.3) is 0 Å². The van der Waals surface area contributed by atoms with E-state index in [-0.39, 0.29) is 5.75 Å². The van der Waals surface area contributed by atoms with Crippen LogP contribution >= 0.6 is 15.9 Å². The van der Waals surface area contributed by atoms with Crippen molar-refractivity contribution in [3.8, 4) is 17.4 Å². The third kappa shape index (κ3) is 2.17. The number of aryl methyl sites for hydroxylation is 1. The van der Waals surface area contributed by atoms with Gasteiger partial charge in [-0.2, -0.15) is 0 Å². The van der Waals surface area contributed by atoms with Gasteiger partial charge in [0.1, 0.15) is 0 Å². The van der Waals surface area contributed by atoms with Gasteiger partial charge in [0.2, 0.25) is 5.88 Å². The van der Waals surface area contributed by atoms with E-state index in [1.807, 2.05) is 13.0 Å². The van der Waals surface area contributed by atoms with Crippen molar-refractivity contribution in [1.29, 1.82) is 0 Å². The van der Waals surface area contributed by atoms with Gasteiger partial charge in [-0.25, -0.2) is 4.98 Å². The number of rotatable bonds is 2. The van der Waals surface area contributed by atoms with Crippen LogP contribution in [-0.2, 0) is 0 Å². The molecule has 0 spiro atoms. The minimum atomic E-state index is 0.0951. The number of phenols is 1. The molecule has 1 aromatic carbocycles. The molecule has 0 bridgehead atoms. The summed E-state index contributed by atoms with van der Waals surface area (Å²) in [7, 11) is 0. The van der Waals surface area contributed by atoms with Gasteiger partial charge in [-0.3, -0.25) is 0 Å². The predicted octanol–water partition coefficient (Wildman–Crippen LogP) is 3.65. The Morgan fingerprint density at radius 2 is 2.00 bits per heavy atom. The molecule has 0 aliphatic heterocycles. The van der Waals surface area contributed by atoms with Gasteiger partial charge in [0.05, 0.1) is 4.47 Å². The van der Waals surface area contributed by atoms with E-state index in [1.54, 1.807) is 30.5 Å². The highest BCUT2D eigenvalue weighted by Crippen LogP contribution is 2.33. The number of hydrogen-bond donors (Lipinski definition) is 1. The molecule has 0 radical (unpaired) electrons. The maximum absolute atomic E-state index is 9.56. The molecule has 0 fully saturated rings. The summed E-state index contributed by atoms with van der Waals surface area (Å²) in [6.07, 6.45) is 1.66. The lowest BCUT2D eigenvalue weighted by Gasteiger charge is -2.08. The second-order valence-electron chi connectivity index (χ2n) is 3.32. The lowest BCUT2D eigenvalue weighted by atomic mass is 10.3. The normalized spacial score (nSPS) is 10.1. The summed E-state index contributed by atoms with van der Waals surface area (Å²) in [5, 5.41) is 9.56. The highest BCUT2D eigenvalue weighted by atomic mass is 79.9. The van der Waals surface area contributed by atoms with E-state index >= 15 is 0 Å². The fraction of sp³-hybridized carbons (Fsp3) is 0.0833. The summed E-state index contributed by atoms with van der Waals surface area (Å²) < 4.78 is 6.30. The minimum absolute atomic E-state index is 0.0951. The van der Waals surface area contributed by atoms with E-state index in [4.69, 9.17) is 4.74 Å². The van der Waals surface area contributed by atoms with Crippen molar-refractivity contribution in [2.75, 3.05) is 0 Å². The van der Waals surface area contributed by atoms with Crippen LogP contribution < -0.4 is 4.74 Å². The van der Waals surface area contributed by atoms with Crippen LogP contribution in [0.5, 0.6) is 17.4 Å². The summed E-state index contributed by atoms with van der Waals surface area (Å²) in [5.41, 5.74) is 1.03. The van der Waals surface area contributed by atoms with E-state index < -0.39 is 0 Å². The summed E-state index contributed by atoms with van der Waals surface area (Å²) in [6.45, 7) is 1.95. The van der Waals surface area contributed by atoms with Crippen molar-refractivity contribution in [3.05, 3.63) is 46.6 Å². The number of phenolic OH excluding ortho intramolecular Hbond substituents is 1. The molecule has 0 saturated heterocycles. The van der Waals surface area contributed by atoms with Gasteiger partial charge in [0, 0.05) is 6.20 Å². The Kier molecular flexibility index (Phi) is 3.10. The standard InChI is InChI=1S/C12H10BrNO2/c1-8-6-7-14-12(11(8)13)16-10-5-3-2-4-9(10)15/h2-7,15H,1H3. The summed E-state index contributed by atoms with van der Waals surface area (Å²) in [6, 6.07) is 8.66. The molecule has 0 amide bonds. The number of halogens is 1. The largest absolute Gasteiger partial charge is 0.504 e. The van der Waals surface area contributed by atoms with Crippen LogP contribution in [0, 0.1) is 6.92 Å². The first-order valence-corrected chi connectivity index (χ1v) is 5.55. The fourth-order valence-corrected chi connectivity index (χ4v) is 1.55. The van der Waals surface area contributed by atoms with Crippen LogP contribution in [-0.4, -0.2) is 10.1 Å². The molecular formula is C12H10BrNO2. The molecule has 0 unspecified atom stereocenters. The molecule has 16 heavy (non-hydrogen) atoms. The minimum Gasteiger partial charge on any atom is -0.504 e. The molecule has 0 atom stereocenters. The van der Waals surface area contributed by atoms with Gasteiger partial charge in [-0.15, -0.1) is 0 Å². The third-order valence-electron chi connectivity index (χ3n) is 2.12. The Hall–Kier alpha value is -1.55. The Bertz CT molecular complexity index is 514. The lowest BCUT2D eigenvalue weighted by Crippen LogP contribution is -1.90. The maximum atomic E-state index is 9.56. The molecule has 0 aliphatic rings. The first-order chi connectivity index (χ1) is 7.68. The van der Waals surface area contributed by atoms with Gasteiger partial charge in [0.15, 0.2) is 11.5 Å². The molecule has 2 aromatic rings. The van der Waals surface area contributed by atoms with Crippen molar-refractivity contribution in [3.63, 3.8) is 0 Å². The second-order valence-corrected chi connectivity index (χ2v) is 4.11. The number of benzene rings is 1. The fourth-order valence-electron chi connectivity index (χ4n) is 1.23. The van der Waals surface area contributed by atoms with Crippen LogP contribution in [0.3, 0.4) is 0 Å². The Balaban J connectivity index is 2.35. The van der Waals surface area contributed by atoms with Gasteiger partial charge < -0.3 is 9.84 Å². The molecule has 1 heterocycles. The quantitative estimate of drug-likeness (QED) is 0.913. The van der Waals surface area contributed by atoms with E-state index in [2.05, 4.69) is 20.9 Å². The van der Waals surface area contributed by atoms with E-state index in [0.717, 1.165) is 10.0 Å². The number of nitrogens with zero attached hydrogens (tertiary/aromatic N) is 1. The monoisotopic (exact) mass is 279 g/mol. The molecular weight excluding hydrogens is 270 g/mol. The van der Waals surface area contributed by atoms with E-state index in [1.165, 1.54) is 0 Å². The van der Waals surface area contributed by atoms with Crippen LogP contribution in [0.2, 0.25) is 0 Å². The number of para-hydroxylation sites is 2. The van der Waals surface area contributed by atoms with E-state index in [0.29, 0.717) is 11.6 Å². The molecule has 1 aromatic heterocycles. The van der Waals surface area contributed by atoms with Crippen molar-refractivity contribution in [2.24, 2.45) is 0 Å². The molecule has 82 valence electrons. The molecule has 4 heteroatoms. The zero-order chi connectivity index (χ0) is 11.5. The Morgan fingerprint density at radius 3 is 2.75 bits per heavy atom. The average Bonchev–Trinajstić information content (AvgIpc) is 2.28. The lowest BCUT2D eigenvalue weighted by molar-refractivity contribution is 0.401. The second kappa shape index (κ2) is 4.53. The van der Waals surface area contributed by atoms with Gasteiger partial charge >= 0.3 is 0 Å². The molecule has 0 saturated carbocycles. The number of pyridine rings is 1. The highest BCUT2D eigenvalue weighted by Gasteiger charge is 2.08. The van der Waals surface area contributed by atoms with Crippen molar-refractivity contribution in [1.82, 2.24) is 4.98 Å². The average molecular weight is 280 g/mol. The van der Waals surface area contributed by atoms with Crippen molar-refractivity contribution < 1.29 is 9.84 Å². The number of hydrogen-bond acceptors (Lipinski definition) is 3. The van der Waals surface area contributed by atoms with Crippen molar-refractivity contribution in [2.45, 2.75) is 6.92 Å². The molecule has 2 rings (SSSR count). The van der Waals surface area contributed by atoms with Gasteiger partial charge in [-0.1, -0.05) is 12.1 Å². The van der Waals surface area contributed by atoms with Crippen LogP contribution in [0.4, 0.5) is 0 Å². The van der Waals surface area contributed by atoms with Crippen LogP contribution in [0.15, 0.2) is 41.0 Å². The Labute approximate surface area is 102 Å². The zero-order valence-electron chi connectivity index (χ0n) is 8.64. The zero-order valence-corrected chi connectivity index (χ0v) is 10.2. The first kappa shape index (κ1) is 11.0. The topological polar surface area (TPSA) is 42.4 Å². The summed E-state index contributed by atoms with van der Waals surface area (Å²) in [5.74, 6) is 0.931. The SMILES string of the molecule is Cc1ccnc(Oc2ccccc2O)c1Br. The van der Waals surface area contributed by atoms with Crippen molar-refractivity contribution >= 4 is 15.9 Å².